The molecule has 1 aliphatic heterocycles. The van der Waals surface area contributed by atoms with Crippen LogP contribution in [0.3, 0.4) is 0 Å². The summed E-state index contributed by atoms with van der Waals surface area (Å²) in [5.74, 6) is -0.0764. The summed E-state index contributed by atoms with van der Waals surface area (Å²) in [5, 5.41) is 6.33. The van der Waals surface area contributed by atoms with E-state index in [0.29, 0.717) is 48.1 Å². The fourth-order valence-corrected chi connectivity index (χ4v) is 4.77. The molecule has 1 saturated carbocycles. The van der Waals surface area contributed by atoms with Gasteiger partial charge in [0.2, 0.25) is 11.8 Å². The van der Waals surface area contributed by atoms with Crippen molar-refractivity contribution < 1.29 is 14.4 Å². The third kappa shape index (κ3) is 6.36. The molecule has 1 saturated heterocycles. The van der Waals surface area contributed by atoms with Gasteiger partial charge in [-0.2, -0.15) is 0 Å². The monoisotopic (exact) mass is 482 g/mol. The van der Waals surface area contributed by atoms with Crippen molar-refractivity contribution in [2.24, 2.45) is 5.92 Å². The van der Waals surface area contributed by atoms with Gasteiger partial charge in [-0.15, -0.1) is 0 Å². The summed E-state index contributed by atoms with van der Waals surface area (Å²) < 4.78 is 0. The van der Waals surface area contributed by atoms with Crippen LogP contribution >= 0.6 is 11.6 Å². The Morgan fingerprint density at radius 1 is 0.882 bits per heavy atom. The van der Waals surface area contributed by atoms with Crippen molar-refractivity contribution in [3.63, 3.8) is 0 Å². The number of hydrogen-bond acceptors (Lipinski definition) is 4. The van der Waals surface area contributed by atoms with E-state index in [9.17, 15) is 14.4 Å². The molecule has 2 fully saturated rings. The molecule has 2 aliphatic rings. The molecule has 1 heterocycles. The van der Waals surface area contributed by atoms with E-state index in [0.717, 1.165) is 25.7 Å². The molecule has 0 radical (unpaired) electrons. The Labute approximate surface area is 205 Å². The first-order chi connectivity index (χ1) is 16.5. The van der Waals surface area contributed by atoms with Crippen LogP contribution < -0.4 is 10.6 Å². The minimum Gasteiger partial charge on any atom is -0.336 e. The largest absolute Gasteiger partial charge is 0.336 e. The summed E-state index contributed by atoms with van der Waals surface area (Å²) in [7, 11) is 0. The van der Waals surface area contributed by atoms with Crippen molar-refractivity contribution in [2.45, 2.75) is 32.1 Å². The molecule has 0 bridgehead atoms. The molecule has 7 nitrogen and oxygen atoms in total. The van der Waals surface area contributed by atoms with Gasteiger partial charge in [0.1, 0.15) is 0 Å². The third-order valence-electron chi connectivity index (χ3n) is 6.53. The van der Waals surface area contributed by atoms with Gasteiger partial charge in [0.15, 0.2) is 0 Å². The van der Waals surface area contributed by atoms with Crippen LogP contribution in [0.4, 0.5) is 11.4 Å². The molecule has 180 valence electrons. The van der Waals surface area contributed by atoms with Gasteiger partial charge in [0.05, 0.1) is 17.3 Å². The van der Waals surface area contributed by atoms with Gasteiger partial charge in [0.25, 0.3) is 5.91 Å². The Kier molecular flexibility index (Phi) is 8.19. The van der Waals surface area contributed by atoms with Crippen molar-refractivity contribution in [3.05, 3.63) is 59.1 Å². The zero-order valence-corrected chi connectivity index (χ0v) is 20.0. The Bertz CT molecular complexity index is 1030. The van der Waals surface area contributed by atoms with Crippen molar-refractivity contribution in [2.75, 3.05) is 43.4 Å². The Hall–Kier alpha value is -2.90. The lowest BCUT2D eigenvalue weighted by molar-refractivity contribution is -0.120. The maximum absolute atomic E-state index is 13.0. The van der Waals surface area contributed by atoms with E-state index in [2.05, 4.69) is 10.6 Å². The van der Waals surface area contributed by atoms with E-state index in [4.69, 9.17) is 11.6 Å². The second-order valence-corrected chi connectivity index (χ2v) is 9.41. The second kappa shape index (κ2) is 11.5. The van der Waals surface area contributed by atoms with Crippen molar-refractivity contribution >= 4 is 40.7 Å². The number of para-hydroxylation sites is 1. The molecule has 3 amide bonds. The molecule has 0 spiro atoms. The quantitative estimate of drug-likeness (QED) is 0.644. The van der Waals surface area contributed by atoms with E-state index in [1.165, 1.54) is 6.42 Å². The molecular formula is C26H31ClN4O3. The molecule has 0 aromatic heterocycles. The first-order valence-electron chi connectivity index (χ1n) is 12.0. The number of anilines is 2. The maximum atomic E-state index is 13.0. The van der Waals surface area contributed by atoms with Gasteiger partial charge in [0, 0.05) is 43.3 Å². The minimum absolute atomic E-state index is 0.0491. The van der Waals surface area contributed by atoms with Gasteiger partial charge >= 0.3 is 0 Å². The Morgan fingerprint density at radius 3 is 2.35 bits per heavy atom. The average Bonchev–Trinajstić information content (AvgIpc) is 2.86. The topological polar surface area (TPSA) is 81.8 Å². The Balaban J connectivity index is 1.27. The fourth-order valence-electron chi connectivity index (χ4n) is 4.59. The summed E-state index contributed by atoms with van der Waals surface area (Å²) in [5.41, 5.74) is 1.82. The lowest BCUT2D eigenvalue weighted by Crippen LogP contribution is -2.50. The highest BCUT2D eigenvalue weighted by Gasteiger charge is 2.25. The van der Waals surface area contributed by atoms with E-state index in [1.807, 2.05) is 23.1 Å². The van der Waals surface area contributed by atoms with E-state index in [1.54, 1.807) is 35.2 Å². The summed E-state index contributed by atoms with van der Waals surface area (Å²) in [6.45, 7) is 2.54. The van der Waals surface area contributed by atoms with E-state index >= 15 is 0 Å². The third-order valence-corrected chi connectivity index (χ3v) is 6.86. The van der Waals surface area contributed by atoms with Crippen LogP contribution in [0, 0.1) is 5.92 Å². The number of hydrogen-bond donors (Lipinski definition) is 2. The second-order valence-electron chi connectivity index (χ2n) is 9.00. The molecule has 4 rings (SSSR count). The minimum atomic E-state index is -0.130. The molecule has 8 heteroatoms. The fraction of sp³-hybridized carbons (Fsp3) is 0.423. The molecule has 2 N–H and O–H groups in total. The lowest BCUT2D eigenvalue weighted by atomic mass is 9.88. The predicted molar refractivity (Wildman–Crippen MR) is 134 cm³/mol. The molecule has 2 aromatic rings. The van der Waals surface area contributed by atoms with Crippen LogP contribution in [-0.4, -0.2) is 60.2 Å². The number of amides is 3. The molecule has 2 aromatic carbocycles. The van der Waals surface area contributed by atoms with Crippen LogP contribution in [0.25, 0.3) is 0 Å². The molecule has 0 atom stereocenters. The number of halogens is 1. The molecular weight excluding hydrogens is 452 g/mol. The van der Waals surface area contributed by atoms with Crippen molar-refractivity contribution in [1.82, 2.24) is 9.80 Å². The van der Waals surface area contributed by atoms with Gasteiger partial charge in [-0.05, 0) is 43.2 Å². The highest BCUT2D eigenvalue weighted by molar-refractivity contribution is 6.33. The smallest absolute Gasteiger partial charge is 0.254 e. The number of carbonyl (C=O) groups excluding carboxylic acids is 3. The predicted octanol–water partition coefficient (Wildman–Crippen LogP) is 4.26. The highest BCUT2D eigenvalue weighted by atomic mass is 35.5. The van der Waals surface area contributed by atoms with E-state index in [-0.39, 0.29) is 30.2 Å². The lowest BCUT2D eigenvalue weighted by Gasteiger charge is -2.34. The normalized spacial score (nSPS) is 17.3. The highest BCUT2D eigenvalue weighted by Crippen LogP contribution is 2.25. The van der Waals surface area contributed by atoms with Gasteiger partial charge in [-0.25, -0.2) is 0 Å². The molecule has 1 aliphatic carbocycles. The SMILES string of the molecule is O=C(CN1CCN(C(=O)c2cccc(NC(=O)C3CCCCC3)c2)CC1)Nc1ccccc1Cl. The maximum Gasteiger partial charge on any atom is 0.254 e. The van der Waals surface area contributed by atoms with Crippen molar-refractivity contribution in [3.8, 4) is 0 Å². The summed E-state index contributed by atoms with van der Waals surface area (Å²) in [4.78, 5) is 41.8. The van der Waals surface area contributed by atoms with Crippen LogP contribution in [0.5, 0.6) is 0 Å². The van der Waals surface area contributed by atoms with Crippen LogP contribution in [0.1, 0.15) is 42.5 Å². The van der Waals surface area contributed by atoms with Crippen LogP contribution in [0.15, 0.2) is 48.5 Å². The van der Waals surface area contributed by atoms with Gasteiger partial charge < -0.3 is 15.5 Å². The molecule has 0 unspecified atom stereocenters. The number of rotatable bonds is 6. The summed E-state index contributed by atoms with van der Waals surface area (Å²) >= 11 is 6.11. The number of piperazine rings is 1. The number of carbonyl (C=O) groups is 3. The zero-order valence-electron chi connectivity index (χ0n) is 19.3. The standard InChI is InChI=1S/C26H31ClN4O3/c27-22-11-4-5-12-23(22)29-24(32)18-30-13-15-31(16-14-30)26(34)20-9-6-10-21(17-20)28-25(33)19-7-2-1-3-8-19/h4-6,9-12,17,19H,1-3,7-8,13-16,18H2,(H,28,33)(H,29,32). The number of nitrogens with zero attached hydrogens (tertiary/aromatic N) is 2. The average molecular weight is 483 g/mol. The number of nitrogens with one attached hydrogen (secondary N) is 2. The van der Waals surface area contributed by atoms with E-state index < -0.39 is 0 Å². The Morgan fingerprint density at radius 2 is 1.62 bits per heavy atom. The molecule has 34 heavy (non-hydrogen) atoms. The number of benzene rings is 2. The summed E-state index contributed by atoms with van der Waals surface area (Å²) in [6, 6.07) is 14.3. The van der Waals surface area contributed by atoms with Gasteiger partial charge in [-0.1, -0.05) is 49.1 Å². The van der Waals surface area contributed by atoms with Crippen molar-refractivity contribution in [1.29, 1.82) is 0 Å². The van der Waals surface area contributed by atoms with Gasteiger partial charge in [-0.3, -0.25) is 19.3 Å². The zero-order chi connectivity index (χ0) is 23.9. The van der Waals surface area contributed by atoms with Crippen LogP contribution in [-0.2, 0) is 9.59 Å². The first kappa shape index (κ1) is 24.2. The van der Waals surface area contributed by atoms with Crippen LogP contribution in [0.2, 0.25) is 5.02 Å². The first-order valence-corrected chi connectivity index (χ1v) is 12.3. The summed E-state index contributed by atoms with van der Waals surface area (Å²) in [6.07, 6.45) is 5.28.